The molecule has 6 heteroatoms. The van der Waals surface area contributed by atoms with E-state index < -0.39 is 4.92 Å². The van der Waals surface area contributed by atoms with Gasteiger partial charge in [0.05, 0.1) is 11.0 Å². The van der Waals surface area contributed by atoms with E-state index >= 15 is 0 Å². The molecule has 0 spiro atoms. The predicted molar refractivity (Wildman–Crippen MR) is 84.3 cm³/mol. The van der Waals surface area contributed by atoms with Gasteiger partial charge in [-0.15, -0.1) is 11.3 Å². The third-order valence-corrected chi connectivity index (χ3v) is 4.01. The second-order valence-electron chi connectivity index (χ2n) is 4.98. The largest absolute Gasteiger partial charge is 0.507 e. The molecule has 5 nitrogen and oxygen atoms in total. The van der Waals surface area contributed by atoms with Crippen LogP contribution in [-0.4, -0.2) is 16.2 Å². The molecule has 0 saturated heterocycles. The van der Waals surface area contributed by atoms with Crippen LogP contribution in [0.3, 0.4) is 0 Å². The van der Waals surface area contributed by atoms with Crippen molar-refractivity contribution in [2.45, 2.75) is 19.9 Å². The average molecular weight is 304 g/mol. The van der Waals surface area contributed by atoms with Crippen LogP contribution in [0.5, 0.6) is 5.75 Å². The summed E-state index contributed by atoms with van der Waals surface area (Å²) in [4.78, 5) is 15.9. The molecule has 1 aromatic heterocycles. The molecule has 0 bridgehead atoms. The molecule has 21 heavy (non-hydrogen) atoms. The van der Waals surface area contributed by atoms with Crippen LogP contribution in [0.25, 0.3) is 0 Å². The Morgan fingerprint density at radius 2 is 2.14 bits per heavy atom. The standard InChI is InChI=1S/C15H16N2O3S/c1-10(2)15(14-4-3-7-21-14)16-9-11-8-12(17(19)20)5-6-13(11)18/h3-10,15,18H,1-2H3/t15-/m1/s1. The molecule has 0 radical (unpaired) electrons. The van der Waals surface area contributed by atoms with Crippen LogP contribution in [0, 0.1) is 16.0 Å². The van der Waals surface area contributed by atoms with Gasteiger partial charge < -0.3 is 5.11 Å². The molecule has 0 fully saturated rings. The number of nitro groups is 1. The fraction of sp³-hybridized carbons (Fsp3) is 0.267. The molecule has 1 N–H and O–H groups in total. The quantitative estimate of drug-likeness (QED) is 0.511. The van der Waals surface area contributed by atoms with Gasteiger partial charge in [0.15, 0.2) is 0 Å². The number of nitrogens with zero attached hydrogens (tertiary/aromatic N) is 2. The molecular weight excluding hydrogens is 288 g/mol. The van der Waals surface area contributed by atoms with Crippen LogP contribution in [0.1, 0.15) is 30.3 Å². The van der Waals surface area contributed by atoms with Crippen LogP contribution in [-0.2, 0) is 0 Å². The maximum Gasteiger partial charge on any atom is 0.270 e. The lowest BCUT2D eigenvalue weighted by Gasteiger charge is -2.14. The highest BCUT2D eigenvalue weighted by Crippen LogP contribution is 2.30. The van der Waals surface area contributed by atoms with Crippen LogP contribution in [0.15, 0.2) is 40.7 Å². The van der Waals surface area contributed by atoms with E-state index in [4.69, 9.17) is 0 Å². The summed E-state index contributed by atoms with van der Waals surface area (Å²) in [7, 11) is 0. The third-order valence-electron chi connectivity index (χ3n) is 3.06. The van der Waals surface area contributed by atoms with E-state index in [2.05, 4.69) is 18.8 Å². The first-order valence-corrected chi connectivity index (χ1v) is 7.41. The Kier molecular flexibility index (Phi) is 4.70. The Morgan fingerprint density at radius 1 is 1.38 bits per heavy atom. The van der Waals surface area contributed by atoms with Crippen molar-refractivity contribution in [1.29, 1.82) is 0 Å². The number of benzene rings is 1. The molecule has 0 amide bonds. The minimum Gasteiger partial charge on any atom is -0.507 e. The first kappa shape index (κ1) is 15.2. The lowest BCUT2D eigenvalue weighted by Crippen LogP contribution is -2.02. The molecule has 2 aromatic rings. The van der Waals surface area contributed by atoms with Gasteiger partial charge in [0.2, 0.25) is 0 Å². The van der Waals surface area contributed by atoms with Crippen molar-refractivity contribution in [3.05, 3.63) is 56.3 Å². The maximum absolute atomic E-state index is 10.8. The number of phenolic OH excluding ortho intramolecular Hbond substituents is 1. The topological polar surface area (TPSA) is 75.7 Å². The van der Waals surface area contributed by atoms with Crippen molar-refractivity contribution in [1.82, 2.24) is 0 Å². The fourth-order valence-electron chi connectivity index (χ4n) is 1.95. The summed E-state index contributed by atoms with van der Waals surface area (Å²) in [6, 6.07) is 7.87. The number of aliphatic imine (C=N–C) groups is 1. The number of aromatic hydroxyl groups is 1. The van der Waals surface area contributed by atoms with Gasteiger partial charge in [0.1, 0.15) is 5.75 Å². The van der Waals surface area contributed by atoms with Gasteiger partial charge in [-0.1, -0.05) is 19.9 Å². The Hall–Kier alpha value is -2.21. The van der Waals surface area contributed by atoms with E-state index in [0.29, 0.717) is 11.5 Å². The zero-order chi connectivity index (χ0) is 15.4. The van der Waals surface area contributed by atoms with Gasteiger partial charge in [0, 0.05) is 28.8 Å². The zero-order valence-electron chi connectivity index (χ0n) is 11.8. The Labute approximate surface area is 126 Å². The minimum absolute atomic E-state index is 0.0157. The van der Waals surface area contributed by atoms with Crippen LogP contribution < -0.4 is 0 Å². The molecule has 1 heterocycles. The van der Waals surface area contributed by atoms with E-state index in [1.165, 1.54) is 24.4 Å². The van der Waals surface area contributed by atoms with E-state index in [1.807, 2.05) is 17.5 Å². The van der Waals surface area contributed by atoms with Crippen molar-refractivity contribution in [3.63, 3.8) is 0 Å². The molecular formula is C15H16N2O3S. The highest BCUT2D eigenvalue weighted by atomic mass is 32.1. The fourth-order valence-corrected chi connectivity index (χ4v) is 2.90. The number of thiophene rings is 1. The molecule has 2 rings (SSSR count). The molecule has 0 aliphatic heterocycles. The van der Waals surface area contributed by atoms with Gasteiger partial charge >= 0.3 is 0 Å². The lowest BCUT2D eigenvalue weighted by atomic mass is 10.0. The summed E-state index contributed by atoms with van der Waals surface area (Å²) in [6.07, 6.45) is 1.51. The first-order valence-electron chi connectivity index (χ1n) is 6.53. The van der Waals surface area contributed by atoms with Crippen LogP contribution in [0.2, 0.25) is 0 Å². The minimum atomic E-state index is -0.490. The monoisotopic (exact) mass is 304 g/mol. The SMILES string of the molecule is CC(C)[C@@H](N=Cc1cc([N+](=O)[O-])ccc1O)c1cccs1. The van der Waals surface area contributed by atoms with E-state index in [9.17, 15) is 15.2 Å². The first-order chi connectivity index (χ1) is 9.99. The van der Waals surface area contributed by atoms with Gasteiger partial charge in [-0.3, -0.25) is 15.1 Å². The number of hydrogen-bond donors (Lipinski definition) is 1. The highest BCUT2D eigenvalue weighted by Gasteiger charge is 2.15. The summed E-state index contributed by atoms with van der Waals surface area (Å²) >= 11 is 1.62. The van der Waals surface area contributed by atoms with Crippen LogP contribution in [0.4, 0.5) is 5.69 Å². The highest BCUT2D eigenvalue weighted by molar-refractivity contribution is 7.10. The molecule has 110 valence electrons. The van der Waals surface area contributed by atoms with Gasteiger partial charge in [-0.25, -0.2) is 0 Å². The van der Waals surface area contributed by atoms with E-state index in [-0.39, 0.29) is 17.5 Å². The summed E-state index contributed by atoms with van der Waals surface area (Å²) in [6.45, 7) is 4.13. The molecule has 1 aromatic carbocycles. The second kappa shape index (κ2) is 6.49. The average Bonchev–Trinajstić information content (AvgIpc) is 2.94. The summed E-state index contributed by atoms with van der Waals surface area (Å²) in [5.74, 6) is 0.277. The molecule has 0 aliphatic rings. The summed E-state index contributed by atoms with van der Waals surface area (Å²) < 4.78 is 0. The zero-order valence-corrected chi connectivity index (χ0v) is 12.6. The number of rotatable bonds is 5. The molecule has 1 atom stereocenters. The number of phenols is 1. The Balaban J connectivity index is 2.30. The molecule has 0 saturated carbocycles. The number of nitro benzene ring substituents is 1. The normalized spacial score (nSPS) is 12.9. The van der Waals surface area contributed by atoms with E-state index in [0.717, 1.165) is 4.88 Å². The predicted octanol–water partition coefficient (Wildman–Crippen LogP) is 4.18. The van der Waals surface area contributed by atoms with Crippen molar-refractivity contribution >= 4 is 23.2 Å². The molecule has 0 aliphatic carbocycles. The third kappa shape index (κ3) is 3.66. The second-order valence-corrected chi connectivity index (χ2v) is 5.96. The van der Waals surface area contributed by atoms with Gasteiger partial charge in [-0.2, -0.15) is 0 Å². The Bertz CT molecular complexity index is 651. The number of non-ortho nitro benzene ring substituents is 1. The Morgan fingerprint density at radius 3 is 2.71 bits per heavy atom. The van der Waals surface area contributed by atoms with Crippen molar-refractivity contribution < 1.29 is 10.0 Å². The maximum atomic E-state index is 10.8. The van der Waals surface area contributed by atoms with Gasteiger partial charge in [-0.05, 0) is 23.4 Å². The summed E-state index contributed by atoms with van der Waals surface area (Å²) in [5, 5.41) is 22.6. The van der Waals surface area contributed by atoms with Crippen LogP contribution >= 0.6 is 11.3 Å². The van der Waals surface area contributed by atoms with Crippen molar-refractivity contribution in [2.75, 3.05) is 0 Å². The van der Waals surface area contributed by atoms with Gasteiger partial charge in [0.25, 0.3) is 5.69 Å². The smallest absolute Gasteiger partial charge is 0.270 e. The van der Waals surface area contributed by atoms with Crippen molar-refractivity contribution in [3.8, 4) is 5.75 Å². The number of hydrogen-bond acceptors (Lipinski definition) is 5. The molecule has 0 unspecified atom stereocenters. The summed E-state index contributed by atoms with van der Waals surface area (Å²) in [5.41, 5.74) is 0.290. The lowest BCUT2D eigenvalue weighted by molar-refractivity contribution is -0.384. The van der Waals surface area contributed by atoms with Crippen molar-refractivity contribution in [2.24, 2.45) is 10.9 Å². The van der Waals surface area contributed by atoms with E-state index in [1.54, 1.807) is 11.3 Å².